The number of anilines is 1. The molecule has 3 aliphatic rings. The van der Waals surface area contributed by atoms with E-state index in [2.05, 4.69) is 42.4 Å². The Morgan fingerprint density at radius 1 is 1.18 bits per heavy atom. The summed E-state index contributed by atoms with van der Waals surface area (Å²) in [5.74, 6) is 0.426. The molecule has 22 heavy (non-hydrogen) atoms. The summed E-state index contributed by atoms with van der Waals surface area (Å²) in [4.78, 5) is 17.2. The topological polar surface area (TPSA) is 35.6 Å². The number of carbonyl (C=O) groups excluding carboxylic acids is 1. The van der Waals surface area contributed by atoms with E-state index >= 15 is 0 Å². The summed E-state index contributed by atoms with van der Waals surface area (Å²) in [6.07, 6.45) is 4.78. The third-order valence-corrected chi connectivity index (χ3v) is 5.89. The van der Waals surface area contributed by atoms with Crippen LogP contribution in [0.1, 0.15) is 44.1 Å². The number of amides is 2. The van der Waals surface area contributed by atoms with Gasteiger partial charge in [-0.05, 0) is 44.4 Å². The molecule has 2 fully saturated rings. The Balaban J connectivity index is 1.46. The largest absolute Gasteiger partial charge is 0.335 e. The molecule has 2 bridgehead atoms. The zero-order valence-electron chi connectivity index (χ0n) is 13.5. The maximum absolute atomic E-state index is 12.7. The number of piperidine rings is 1. The molecule has 3 aliphatic heterocycles. The fraction of sp³-hybridized carbons (Fsp3) is 0.611. The minimum Gasteiger partial charge on any atom is -0.335 e. The molecule has 4 heteroatoms. The highest BCUT2D eigenvalue weighted by molar-refractivity contribution is 5.94. The smallest absolute Gasteiger partial charge is 0.322 e. The molecule has 2 saturated heterocycles. The lowest BCUT2D eigenvalue weighted by molar-refractivity contribution is 0.150. The highest BCUT2D eigenvalue weighted by Crippen LogP contribution is 2.37. The molecule has 4 rings (SSSR count). The van der Waals surface area contributed by atoms with Crippen molar-refractivity contribution >= 4 is 11.7 Å². The van der Waals surface area contributed by atoms with Crippen molar-refractivity contribution in [2.24, 2.45) is 0 Å². The van der Waals surface area contributed by atoms with Gasteiger partial charge in [-0.2, -0.15) is 0 Å². The van der Waals surface area contributed by atoms with Gasteiger partial charge in [0, 0.05) is 36.3 Å². The molecule has 0 saturated carbocycles. The van der Waals surface area contributed by atoms with Gasteiger partial charge in [0.25, 0.3) is 0 Å². The van der Waals surface area contributed by atoms with Crippen LogP contribution in [0.3, 0.4) is 0 Å². The van der Waals surface area contributed by atoms with E-state index in [0.29, 0.717) is 24.0 Å². The van der Waals surface area contributed by atoms with Crippen LogP contribution in [0.2, 0.25) is 0 Å². The summed E-state index contributed by atoms with van der Waals surface area (Å²) in [5, 5.41) is 3.30. The Hall–Kier alpha value is -1.55. The third-order valence-electron chi connectivity index (χ3n) is 5.89. The predicted molar refractivity (Wildman–Crippen MR) is 88.3 cm³/mol. The van der Waals surface area contributed by atoms with Crippen LogP contribution < -0.4 is 10.2 Å². The average molecular weight is 299 g/mol. The van der Waals surface area contributed by atoms with E-state index in [1.807, 2.05) is 11.0 Å². The number of benzene rings is 1. The number of nitrogens with one attached hydrogen (secondary N) is 1. The summed E-state index contributed by atoms with van der Waals surface area (Å²) < 4.78 is 0. The highest BCUT2D eigenvalue weighted by atomic mass is 16.2. The van der Waals surface area contributed by atoms with E-state index in [-0.39, 0.29) is 6.03 Å². The van der Waals surface area contributed by atoms with Gasteiger partial charge in [0.05, 0.1) is 0 Å². The van der Waals surface area contributed by atoms with Gasteiger partial charge in [0.2, 0.25) is 0 Å². The van der Waals surface area contributed by atoms with Crippen molar-refractivity contribution in [3.8, 4) is 0 Å². The van der Waals surface area contributed by atoms with Crippen molar-refractivity contribution in [3.05, 3.63) is 29.8 Å². The van der Waals surface area contributed by atoms with Crippen LogP contribution in [-0.2, 0) is 0 Å². The van der Waals surface area contributed by atoms with Gasteiger partial charge in [0.15, 0.2) is 0 Å². The Morgan fingerprint density at radius 3 is 2.59 bits per heavy atom. The lowest BCUT2D eigenvalue weighted by atomic mass is 9.98. The Labute approximate surface area is 132 Å². The van der Waals surface area contributed by atoms with Gasteiger partial charge >= 0.3 is 6.03 Å². The number of hydrogen-bond donors (Lipinski definition) is 1. The number of rotatable bonds is 1. The maximum atomic E-state index is 12.7. The standard InChI is InChI=1S/C18H25N3O/c1-12-11-21(17-6-4-3-5-16(12)17)18(22)19-13-9-14-7-8-15(10-13)20(14)2/h3-6,12-15H,7-11H2,1-2H3,(H,19,22)/t12?,13?,14-,15+. The first-order valence-corrected chi connectivity index (χ1v) is 8.52. The first-order chi connectivity index (χ1) is 10.6. The molecule has 4 atom stereocenters. The number of hydrogen-bond acceptors (Lipinski definition) is 2. The van der Waals surface area contributed by atoms with Gasteiger partial charge in [-0.15, -0.1) is 0 Å². The fourth-order valence-electron chi connectivity index (χ4n) is 4.59. The summed E-state index contributed by atoms with van der Waals surface area (Å²) in [7, 11) is 2.23. The van der Waals surface area contributed by atoms with Crippen LogP contribution in [0.5, 0.6) is 0 Å². The van der Waals surface area contributed by atoms with Gasteiger partial charge in [-0.25, -0.2) is 4.79 Å². The Kier molecular flexibility index (Phi) is 3.37. The number of urea groups is 1. The molecule has 1 aromatic carbocycles. The molecule has 0 aliphatic carbocycles. The molecule has 0 spiro atoms. The van der Waals surface area contributed by atoms with Gasteiger partial charge < -0.3 is 10.2 Å². The predicted octanol–water partition coefficient (Wildman–Crippen LogP) is 2.94. The number of nitrogens with zero attached hydrogens (tertiary/aromatic N) is 2. The zero-order valence-corrected chi connectivity index (χ0v) is 13.5. The van der Waals surface area contributed by atoms with Gasteiger partial charge in [-0.3, -0.25) is 4.90 Å². The number of carbonyl (C=O) groups is 1. The second kappa shape index (κ2) is 5.27. The quantitative estimate of drug-likeness (QED) is 0.865. The molecule has 2 unspecified atom stereocenters. The molecule has 3 heterocycles. The van der Waals surface area contributed by atoms with E-state index in [4.69, 9.17) is 0 Å². The lowest BCUT2D eigenvalue weighted by Gasteiger charge is -2.37. The van der Waals surface area contributed by atoms with Crippen molar-refractivity contribution in [2.45, 2.75) is 56.7 Å². The first kappa shape index (κ1) is 14.1. The summed E-state index contributed by atoms with van der Waals surface area (Å²) >= 11 is 0. The molecule has 0 radical (unpaired) electrons. The van der Waals surface area contributed by atoms with Crippen LogP contribution in [0, 0.1) is 0 Å². The van der Waals surface area contributed by atoms with E-state index < -0.39 is 0 Å². The minimum atomic E-state index is 0.0887. The molecule has 2 amide bonds. The molecule has 1 N–H and O–H groups in total. The lowest BCUT2D eigenvalue weighted by Crippen LogP contribution is -2.51. The second-order valence-electron chi connectivity index (χ2n) is 7.24. The number of para-hydroxylation sites is 1. The van der Waals surface area contributed by atoms with Crippen LogP contribution in [0.4, 0.5) is 10.5 Å². The van der Waals surface area contributed by atoms with Crippen molar-refractivity contribution < 1.29 is 4.79 Å². The van der Waals surface area contributed by atoms with Gasteiger partial charge in [0.1, 0.15) is 0 Å². The minimum absolute atomic E-state index is 0.0887. The van der Waals surface area contributed by atoms with E-state index in [9.17, 15) is 4.79 Å². The number of fused-ring (bicyclic) bond motifs is 3. The zero-order chi connectivity index (χ0) is 15.3. The SMILES string of the molecule is CC1CN(C(=O)NC2C[C@H]3CC[C@@H](C2)N3C)c2ccccc21. The molecule has 118 valence electrons. The van der Waals surface area contributed by atoms with E-state index in [1.165, 1.54) is 18.4 Å². The van der Waals surface area contributed by atoms with Crippen molar-refractivity contribution in [1.82, 2.24) is 10.2 Å². The van der Waals surface area contributed by atoms with Crippen LogP contribution in [0.25, 0.3) is 0 Å². The summed E-state index contributed by atoms with van der Waals surface area (Å²) in [6, 6.07) is 10.0. The van der Waals surface area contributed by atoms with Crippen LogP contribution >= 0.6 is 0 Å². The Bertz CT molecular complexity index is 573. The fourth-order valence-corrected chi connectivity index (χ4v) is 4.59. The average Bonchev–Trinajstić information content (AvgIpc) is 2.93. The van der Waals surface area contributed by atoms with E-state index in [1.54, 1.807) is 0 Å². The van der Waals surface area contributed by atoms with Crippen LogP contribution in [0.15, 0.2) is 24.3 Å². The van der Waals surface area contributed by atoms with Crippen LogP contribution in [-0.4, -0.2) is 42.6 Å². The Morgan fingerprint density at radius 2 is 1.86 bits per heavy atom. The highest BCUT2D eigenvalue weighted by Gasteiger charge is 2.39. The van der Waals surface area contributed by atoms with E-state index in [0.717, 1.165) is 25.1 Å². The molecular formula is C18H25N3O. The third kappa shape index (κ3) is 2.21. The molecule has 4 nitrogen and oxygen atoms in total. The molecule has 0 aromatic heterocycles. The van der Waals surface area contributed by atoms with Gasteiger partial charge in [-0.1, -0.05) is 25.1 Å². The monoisotopic (exact) mass is 299 g/mol. The maximum Gasteiger partial charge on any atom is 0.322 e. The first-order valence-electron chi connectivity index (χ1n) is 8.52. The summed E-state index contributed by atoms with van der Waals surface area (Å²) in [5.41, 5.74) is 2.38. The van der Waals surface area contributed by atoms with Crippen molar-refractivity contribution in [1.29, 1.82) is 0 Å². The molecular weight excluding hydrogens is 274 g/mol. The van der Waals surface area contributed by atoms with Crippen molar-refractivity contribution in [2.75, 3.05) is 18.5 Å². The molecule has 1 aromatic rings. The summed E-state index contributed by atoms with van der Waals surface area (Å²) in [6.45, 7) is 2.99. The normalized spacial score (nSPS) is 33.8. The second-order valence-corrected chi connectivity index (χ2v) is 7.24. The van der Waals surface area contributed by atoms with Crippen molar-refractivity contribution in [3.63, 3.8) is 0 Å².